The summed E-state index contributed by atoms with van der Waals surface area (Å²) in [6, 6.07) is 3.19. The average molecular weight is 506 g/mol. The molecule has 0 unspecified atom stereocenters. The lowest BCUT2D eigenvalue weighted by molar-refractivity contribution is -0.142. The maximum Gasteiger partial charge on any atom is 0.328 e. The van der Waals surface area contributed by atoms with Crippen LogP contribution < -0.4 is 4.90 Å². The zero-order valence-electron chi connectivity index (χ0n) is 22.9. The Hall–Kier alpha value is -1.82. The third kappa shape index (κ3) is 11.2. The monoisotopic (exact) mass is 505 g/mol. The third-order valence-corrected chi connectivity index (χ3v) is 7.60. The number of carbonyl (C=O) groups is 3. The zero-order valence-corrected chi connectivity index (χ0v) is 23.7. The molecule has 1 aromatic carbocycles. The highest BCUT2D eigenvalue weighted by Crippen LogP contribution is 2.30. The summed E-state index contributed by atoms with van der Waals surface area (Å²) in [6.45, 7) is 9.77. The number of benzene rings is 1. The van der Waals surface area contributed by atoms with E-state index in [1.807, 2.05) is 32.9 Å². The SMILES string of the molecule is CCCCCCCCCCCCCC(=O)SCC(=O)N(c1c(C)ccc(C)c1C)[C@@H](C)C(=O)OC. The van der Waals surface area contributed by atoms with Gasteiger partial charge in [0.15, 0.2) is 5.12 Å². The smallest absolute Gasteiger partial charge is 0.328 e. The molecule has 0 aromatic heterocycles. The van der Waals surface area contributed by atoms with Crippen molar-refractivity contribution in [2.45, 2.75) is 118 Å². The Labute approximate surface area is 217 Å². The topological polar surface area (TPSA) is 63.7 Å². The molecule has 35 heavy (non-hydrogen) atoms. The minimum Gasteiger partial charge on any atom is -0.467 e. The first kappa shape index (κ1) is 31.2. The molecule has 1 atom stereocenters. The molecule has 0 saturated carbocycles. The van der Waals surface area contributed by atoms with E-state index in [1.165, 1.54) is 69.8 Å². The molecule has 0 aliphatic rings. The van der Waals surface area contributed by atoms with Gasteiger partial charge in [0.2, 0.25) is 5.91 Å². The quantitative estimate of drug-likeness (QED) is 0.162. The number of anilines is 1. The second kappa shape index (κ2) is 17.6. The van der Waals surface area contributed by atoms with Gasteiger partial charge in [-0.05, 0) is 50.8 Å². The van der Waals surface area contributed by atoms with Gasteiger partial charge in [-0.2, -0.15) is 0 Å². The van der Waals surface area contributed by atoms with Gasteiger partial charge in [0.05, 0.1) is 18.6 Å². The van der Waals surface area contributed by atoms with Crippen LogP contribution in [-0.2, 0) is 19.1 Å². The lowest BCUT2D eigenvalue weighted by Crippen LogP contribution is -2.46. The molecule has 5 nitrogen and oxygen atoms in total. The van der Waals surface area contributed by atoms with Crippen molar-refractivity contribution in [1.82, 2.24) is 0 Å². The predicted molar refractivity (Wildman–Crippen MR) is 148 cm³/mol. The Bertz CT molecular complexity index is 808. The summed E-state index contributed by atoms with van der Waals surface area (Å²) in [5.41, 5.74) is 3.63. The van der Waals surface area contributed by atoms with Crippen molar-refractivity contribution in [3.05, 3.63) is 28.8 Å². The lowest BCUT2D eigenvalue weighted by atomic mass is 10.0. The first-order valence-electron chi connectivity index (χ1n) is 13.4. The third-order valence-electron chi connectivity index (χ3n) is 6.68. The van der Waals surface area contributed by atoms with Gasteiger partial charge < -0.3 is 4.74 Å². The van der Waals surface area contributed by atoms with E-state index in [4.69, 9.17) is 4.74 Å². The minimum atomic E-state index is -0.769. The van der Waals surface area contributed by atoms with Crippen molar-refractivity contribution in [1.29, 1.82) is 0 Å². The highest BCUT2D eigenvalue weighted by molar-refractivity contribution is 8.14. The van der Waals surface area contributed by atoms with Crippen LogP contribution in [0.4, 0.5) is 5.69 Å². The molecular formula is C29H47NO4S. The second-order valence-corrected chi connectivity index (χ2v) is 10.6. The van der Waals surface area contributed by atoms with Crippen molar-refractivity contribution >= 4 is 34.4 Å². The minimum absolute atomic E-state index is 0.0189. The normalized spacial score (nSPS) is 11.8. The van der Waals surface area contributed by atoms with Crippen LogP contribution in [-0.4, -0.2) is 35.9 Å². The molecule has 198 valence electrons. The van der Waals surface area contributed by atoms with E-state index in [9.17, 15) is 14.4 Å². The van der Waals surface area contributed by atoms with Gasteiger partial charge in [0.25, 0.3) is 0 Å². The summed E-state index contributed by atoms with van der Waals surface area (Å²) in [6.07, 6.45) is 14.1. The summed E-state index contributed by atoms with van der Waals surface area (Å²) < 4.78 is 4.92. The number of thioether (sulfide) groups is 1. The lowest BCUT2D eigenvalue weighted by Gasteiger charge is -2.31. The van der Waals surface area contributed by atoms with Crippen LogP contribution in [0.3, 0.4) is 0 Å². The number of unbranched alkanes of at least 4 members (excludes halogenated alkanes) is 10. The van der Waals surface area contributed by atoms with Crippen LogP contribution in [0.25, 0.3) is 0 Å². The van der Waals surface area contributed by atoms with Crippen molar-refractivity contribution in [3.8, 4) is 0 Å². The number of esters is 1. The number of rotatable bonds is 17. The fourth-order valence-electron chi connectivity index (χ4n) is 4.33. The van der Waals surface area contributed by atoms with Crippen LogP contribution >= 0.6 is 11.8 Å². The van der Waals surface area contributed by atoms with Crippen LogP contribution in [0.1, 0.15) is 108 Å². The maximum atomic E-state index is 13.2. The summed E-state index contributed by atoms with van der Waals surface area (Å²) in [5.74, 6) is -0.710. The molecule has 0 fully saturated rings. The largest absolute Gasteiger partial charge is 0.467 e. The maximum absolute atomic E-state index is 13.2. The Morgan fingerprint density at radius 3 is 1.91 bits per heavy atom. The van der Waals surface area contributed by atoms with Gasteiger partial charge in [-0.1, -0.05) is 95.0 Å². The first-order chi connectivity index (χ1) is 16.7. The van der Waals surface area contributed by atoms with Gasteiger partial charge in [0.1, 0.15) is 6.04 Å². The van der Waals surface area contributed by atoms with Crippen molar-refractivity contribution in [2.24, 2.45) is 0 Å². The number of carbonyl (C=O) groups excluding carboxylic acids is 3. The standard InChI is InChI=1S/C29H47NO4S/c1-7-8-9-10-11-12-13-14-15-16-17-18-27(32)35-21-26(31)30(25(5)29(33)34-6)28-23(3)20-19-22(2)24(28)4/h19-20,25H,7-18,21H2,1-6H3/t25-/m0/s1. The molecule has 0 spiro atoms. The molecule has 1 amide bonds. The molecule has 0 aliphatic heterocycles. The fourth-order valence-corrected chi connectivity index (χ4v) is 5.05. The van der Waals surface area contributed by atoms with Crippen molar-refractivity contribution < 1.29 is 19.1 Å². The van der Waals surface area contributed by atoms with E-state index in [1.54, 1.807) is 6.92 Å². The molecule has 0 saturated heterocycles. The van der Waals surface area contributed by atoms with E-state index >= 15 is 0 Å². The molecular weight excluding hydrogens is 458 g/mol. The highest BCUT2D eigenvalue weighted by atomic mass is 32.2. The van der Waals surface area contributed by atoms with Crippen LogP contribution in [0, 0.1) is 20.8 Å². The Balaban J connectivity index is 2.49. The number of ether oxygens (including phenoxy) is 1. The molecule has 0 bridgehead atoms. The van der Waals surface area contributed by atoms with E-state index in [0.29, 0.717) is 6.42 Å². The Morgan fingerprint density at radius 1 is 0.857 bits per heavy atom. The summed E-state index contributed by atoms with van der Waals surface area (Å²) in [4.78, 5) is 39.5. The van der Waals surface area contributed by atoms with Crippen LogP contribution in [0.2, 0.25) is 0 Å². The first-order valence-corrected chi connectivity index (χ1v) is 14.3. The molecule has 0 N–H and O–H groups in total. The molecule has 1 rings (SSSR count). The van der Waals surface area contributed by atoms with Gasteiger partial charge in [-0.3, -0.25) is 14.5 Å². The number of hydrogen-bond acceptors (Lipinski definition) is 5. The Kier molecular flexibility index (Phi) is 15.7. The summed E-state index contributed by atoms with van der Waals surface area (Å²) in [5, 5.41) is 0.0395. The van der Waals surface area contributed by atoms with E-state index in [-0.39, 0.29) is 16.8 Å². The average Bonchev–Trinajstić information content (AvgIpc) is 2.85. The number of amides is 1. The van der Waals surface area contributed by atoms with Gasteiger partial charge in [0, 0.05) is 6.42 Å². The summed E-state index contributed by atoms with van der Waals surface area (Å²) in [7, 11) is 1.32. The van der Waals surface area contributed by atoms with Crippen molar-refractivity contribution in [2.75, 3.05) is 17.8 Å². The van der Waals surface area contributed by atoms with E-state index in [2.05, 4.69) is 6.92 Å². The van der Waals surface area contributed by atoms with Gasteiger partial charge >= 0.3 is 5.97 Å². The second-order valence-electron chi connectivity index (χ2n) is 9.58. The fraction of sp³-hybridized carbons (Fsp3) is 0.690. The predicted octanol–water partition coefficient (Wildman–Crippen LogP) is 7.47. The molecule has 6 heteroatoms. The number of nitrogens with zero attached hydrogens (tertiary/aromatic N) is 1. The highest BCUT2D eigenvalue weighted by Gasteiger charge is 2.30. The van der Waals surface area contributed by atoms with E-state index < -0.39 is 12.0 Å². The van der Waals surface area contributed by atoms with Crippen LogP contribution in [0.15, 0.2) is 12.1 Å². The summed E-state index contributed by atoms with van der Waals surface area (Å²) >= 11 is 1.06. The zero-order chi connectivity index (χ0) is 26.2. The van der Waals surface area contributed by atoms with Gasteiger partial charge in [-0.25, -0.2) is 4.79 Å². The van der Waals surface area contributed by atoms with E-state index in [0.717, 1.165) is 47.0 Å². The Morgan fingerprint density at radius 2 is 1.37 bits per heavy atom. The molecule has 0 heterocycles. The van der Waals surface area contributed by atoms with Crippen molar-refractivity contribution in [3.63, 3.8) is 0 Å². The number of aryl methyl sites for hydroxylation is 2. The molecule has 0 aliphatic carbocycles. The van der Waals surface area contributed by atoms with Crippen LogP contribution in [0.5, 0.6) is 0 Å². The molecule has 1 aromatic rings. The number of hydrogen-bond donors (Lipinski definition) is 0. The van der Waals surface area contributed by atoms with Gasteiger partial charge in [-0.15, -0.1) is 0 Å². The molecule has 0 radical (unpaired) electrons. The number of methoxy groups -OCH3 is 1.